The summed E-state index contributed by atoms with van der Waals surface area (Å²) < 4.78 is 12.2. The third-order valence-electron chi connectivity index (χ3n) is 6.28. The summed E-state index contributed by atoms with van der Waals surface area (Å²) in [5.74, 6) is 1.84. The second-order valence-corrected chi connectivity index (χ2v) is 8.85. The van der Waals surface area contributed by atoms with Crippen molar-refractivity contribution >= 4 is 0 Å². The fourth-order valence-electron chi connectivity index (χ4n) is 4.31. The van der Waals surface area contributed by atoms with E-state index in [1.807, 2.05) is 12.1 Å². The maximum absolute atomic E-state index is 9.36. The predicted octanol–water partition coefficient (Wildman–Crippen LogP) is 3.55. The van der Waals surface area contributed by atoms with Crippen molar-refractivity contribution in [2.24, 2.45) is 0 Å². The Bertz CT molecular complexity index is 852. The first kappa shape index (κ1) is 25.5. The van der Waals surface area contributed by atoms with E-state index in [9.17, 15) is 5.11 Å². The van der Waals surface area contributed by atoms with Crippen molar-refractivity contribution in [3.63, 3.8) is 0 Å². The van der Waals surface area contributed by atoms with Crippen molar-refractivity contribution in [2.75, 3.05) is 52.5 Å². The van der Waals surface area contributed by atoms with E-state index in [0.29, 0.717) is 13.2 Å². The maximum Gasteiger partial charge on any atom is 0.122 e. The van der Waals surface area contributed by atoms with Gasteiger partial charge in [0.2, 0.25) is 0 Å². The fraction of sp³-hybridized carbons (Fsp3) is 0.556. The van der Waals surface area contributed by atoms with Crippen molar-refractivity contribution in [1.82, 2.24) is 10.2 Å². The molecule has 2 aromatic carbocycles. The summed E-state index contributed by atoms with van der Waals surface area (Å²) in [5, 5.41) is 21.3. The van der Waals surface area contributed by atoms with E-state index in [2.05, 4.69) is 48.3 Å². The molecule has 3 rings (SSSR count). The van der Waals surface area contributed by atoms with E-state index in [0.717, 1.165) is 60.7 Å². The molecule has 1 fully saturated rings. The van der Waals surface area contributed by atoms with Crippen LogP contribution in [0.5, 0.6) is 11.5 Å². The molecule has 0 amide bonds. The Morgan fingerprint density at radius 1 is 0.909 bits per heavy atom. The van der Waals surface area contributed by atoms with Gasteiger partial charge in [0.15, 0.2) is 0 Å². The molecule has 1 aliphatic heterocycles. The van der Waals surface area contributed by atoms with Crippen LogP contribution in [-0.4, -0.2) is 73.8 Å². The number of hydrogen-bond acceptors (Lipinski definition) is 6. The molecular formula is C27H40N2O4. The Morgan fingerprint density at radius 3 is 2.06 bits per heavy atom. The van der Waals surface area contributed by atoms with E-state index in [1.54, 1.807) is 0 Å². The number of nitrogens with zero attached hydrogens (tertiary/aromatic N) is 1. The van der Waals surface area contributed by atoms with Gasteiger partial charge in [0.1, 0.15) is 11.5 Å². The van der Waals surface area contributed by atoms with Crippen LogP contribution < -0.4 is 14.8 Å². The van der Waals surface area contributed by atoms with Crippen molar-refractivity contribution in [3.8, 4) is 22.6 Å². The van der Waals surface area contributed by atoms with Gasteiger partial charge < -0.3 is 29.9 Å². The molecule has 0 radical (unpaired) electrons. The molecule has 6 heteroatoms. The summed E-state index contributed by atoms with van der Waals surface area (Å²) in [6.45, 7) is 10.0. The smallest absolute Gasteiger partial charge is 0.122 e. The Labute approximate surface area is 198 Å². The normalized spacial score (nSPS) is 15.0. The van der Waals surface area contributed by atoms with E-state index < -0.39 is 6.10 Å². The van der Waals surface area contributed by atoms with E-state index >= 15 is 0 Å². The van der Waals surface area contributed by atoms with Crippen molar-refractivity contribution < 1.29 is 19.7 Å². The minimum Gasteiger partial charge on any atom is -0.493 e. The van der Waals surface area contributed by atoms with Gasteiger partial charge >= 0.3 is 0 Å². The number of aliphatic hydroxyl groups is 2. The molecule has 0 spiro atoms. The van der Waals surface area contributed by atoms with Crippen LogP contribution in [0.2, 0.25) is 0 Å². The molecule has 2 aromatic rings. The highest BCUT2D eigenvalue weighted by molar-refractivity contribution is 5.74. The molecule has 1 heterocycles. The summed E-state index contributed by atoms with van der Waals surface area (Å²) in [7, 11) is 0. The van der Waals surface area contributed by atoms with Gasteiger partial charge in [-0.2, -0.15) is 0 Å². The summed E-state index contributed by atoms with van der Waals surface area (Å²) >= 11 is 0. The molecule has 1 aliphatic rings. The highest BCUT2D eigenvalue weighted by Gasteiger charge is 2.13. The summed E-state index contributed by atoms with van der Waals surface area (Å²) in [5.41, 5.74) is 4.62. The van der Waals surface area contributed by atoms with Gasteiger partial charge in [0.05, 0.1) is 25.9 Å². The molecule has 0 aliphatic carbocycles. The molecule has 6 nitrogen and oxygen atoms in total. The topological polar surface area (TPSA) is 74.2 Å². The zero-order chi connectivity index (χ0) is 23.5. The highest BCUT2D eigenvalue weighted by Crippen LogP contribution is 2.35. The SMILES string of the molecule is Cc1c(OCCCNCC(O)CO)cccc1-c1cccc(OCCCN2CCCC2)c1C. The quantitative estimate of drug-likeness (QED) is 0.378. The standard InChI is InChI=1S/C27H40N2O4/c1-21-24(9-5-11-26(21)32-17-7-13-28-19-23(31)20-30)25-10-6-12-27(22(25)2)33-18-8-16-29-14-3-4-15-29/h5-6,9-12,23,28,30-31H,3-4,7-8,13-20H2,1-2H3. The highest BCUT2D eigenvalue weighted by atomic mass is 16.5. The minimum absolute atomic E-state index is 0.222. The Morgan fingerprint density at radius 2 is 1.48 bits per heavy atom. The number of hydrogen-bond donors (Lipinski definition) is 3. The van der Waals surface area contributed by atoms with Gasteiger partial charge in [-0.1, -0.05) is 24.3 Å². The lowest BCUT2D eigenvalue weighted by Gasteiger charge is -2.18. The van der Waals surface area contributed by atoms with Crippen LogP contribution in [0.1, 0.15) is 36.8 Å². The molecule has 1 atom stereocenters. The van der Waals surface area contributed by atoms with Crippen molar-refractivity contribution in [3.05, 3.63) is 47.5 Å². The number of nitrogens with one attached hydrogen (secondary N) is 1. The van der Waals surface area contributed by atoms with Crippen molar-refractivity contribution in [2.45, 2.75) is 45.6 Å². The molecule has 0 aromatic heterocycles. The van der Waals surface area contributed by atoms with Gasteiger partial charge in [-0.05, 0) is 93.6 Å². The molecular weight excluding hydrogens is 416 g/mol. The second kappa shape index (κ2) is 13.6. The largest absolute Gasteiger partial charge is 0.493 e. The zero-order valence-corrected chi connectivity index (χ0v) is 20.2. The molecule has 182 valence electrons. The second-order valence-electron chi connectivity index (χ2n) is 8.85. The van der Waals surface area contributed by atoms with Gasteiger partial charge in [0.25, 0.3) is 0 Å². The van der Waals surface area contributed by atoms with Gasteiger partial charge in [-0.15, -0.1) is 0 Å². The van der Waals surface area contributed by atoms with Crippen LogP contribution in [0.25, 0.3) is 11.1 Å². The maximum atomic E-state index is 9.36. The number of aliphatic hydroxyl groups excluding tert-OH is 2. The third kappa shape index (κ3) is 7.71. The average Bonchev–Trinajstić information content (AvgIpc) is 3.34. The lowest BCUT2D eigenvalue weighted by molar-refractivity contribution is 0.0942. The first-order chi connectivity index (χ1) is 16.1. The Hall–Kier alpha value is -2.12. The first-order valence-corrected chi connectivity index (χ1v) is 12.3. The lowest BCUT2D eigenvalue weighted by Crippen LogP contribution is -2.30. The number of ether oxygens (including phenoxy) is 2. The summed E-state index contributed by atoms with van der Waals surface area (Å²) in [6, 6.07) is 12.5. The molecule has 1 unspecified atom stereocenters. The van der Waals surface area contributed by atoms with Crippen LogP contribution >= 0.6 is 0 Å². The van der Waals surface area contributed by atoms with Crippen LogP contribution in [0.3, 0.4) is 0 Å². The summed E-state index contributed by atoms with van der Waals surface area (Å²) in [4.78, 5) is 2.52. The van der Waals surface area contributed by atoms with E-state index in [4.69, 9.17) is 14.6 Å². The molecule has 0 saturated carbocycles. The van der Waals surface area contributed by atoms with E-state index in [1.165, 1.54) is 31.5 Å². The van der Waals surface area contributed by atoms with Crippen LogP contribution in [0.4, 0.5) is 0 Å². The van der Waals surface area contributed by atoms with Gasteiger partial charge in [-0.25, -0.2) is 0 Å². The van der Waals surface area contributed by atoms with E-state index in [-0.39, 0.29) is 6.61 Å². The van der Waals surface area contributed by atoms with Gasteiger partial charge in [-0.3, -0.25) is 0 Å². The molecule has 0 bridgehead atoms. The van der Waals surface area contributed by atoms with Crippen LogP contribution in [-0.2, 0) is 0 Å². The number of benzene rings is 2. The van der Waals surface area contributed by atoms with Crippen LogP contribution in [0, 0.1) is 13.8 Å². The van der Waals surface area contributed by atoms with Gasteiger partial charge in [0, 0.05) is 13.1 Å². The minimum atomic E-state index is -0.710. The van der Waals surface area contributed by atoms with Crippen molar-refractivity contribution in [1.29, 1.82) is 0 Å². The number of rotatable bonds is 14. The zero-order valence-electron chi connectivity index (χ0n) is 20.2. The van der Waals surface area contributed by atoms with Crippen LogP contribution in [0.15, 0.2) is 36.4 Å². The molecule has 1 saturated heterocycles. The average molecular weight is 457 g/mol. The predicted molar refractivity (Wildman–Crippen MR) is 133 cm³/mol. The Kier molecular flexibility index (Phi) is 10.5. The first-order valence-electron chi connectivity index (χ1n) is 12.3. The molecule has 3 N–H and O–H groups in total. The Balaban J connectivity index is 1.54. The number of likely N-dealkylation sites (tertiary alicyclic amines) is 1. The third-order valence-corrected chi connectivity index (χ3v) is 6.28. The monoisotopic (exact) mass is 456 g/mol. The fourth-order valence-corrected chi connectivity index (χ4v) is 4.31. The summed E-state index contributed by atoms with van der Waals surface area (Å²) in [6.07, 6.45) is 3.82. The lowest BCUT2D eigenvalue weighted by atomic mass is 9.95. The molecule has 33 heavy (non-hydrogen) atoms.